The minimum atomic E-state index is -0.911. The number of halogens is 2. The SMILES string of the molecule is NCC(C=O)Nc1cc(C(N)=O)nc(-c2cc(F)c(OCc3ccccc3)cc2F)n1. The molecule has 3 rings (SSSR count). The van der Waals surface area contributed by atoms with Gasteiger partial charge in [-0.1, -0.05) is 30.3 Å². The van der Waals surface area contributed by atoms with Crippen molar-refractivity contribution in [1.82, 2.24) is 9.97 Å². The number of aromatic nitrogens is 2. The normalized spacial score (nSPS) is 11.6. The van der Waals surface area contributed by atoms with Crippen molar-refractivity contribution in [3.8, 4) is 17.1 Å². The van der Waals surface area contributed by atoms with Crippen LogP contribution in [0.25, 0.3) is 11.4 Å². The summed E-state index contributed by atoms with van der Waals surface area (Å²) in [5.41, 5.74) is 10.9. The molecule has 0 saturated carbocycles. The molecule has 1 amide bonds. The zero-order chi connectivity index (χ0) is 22.4. The largest absolute Gasteiger partial charge is 0.486 e. The van der Waals surface area contributed by atoms with Crippen LogP contribution in [0.5, 0.6) is 5.75 Å². The number of carbonyl (C=O) groups is 2. The fourth-order valence-corrected chi connectivity index (χ4v) is 2.65. The Balaban J connectivity index is 1.93. The van der Waals surface area contributed by atoms with Gasteiger partial charge in [0.2, 0.25) is 0 Å². The molecule has 0 bridgehead atoms. The standard InChI is InChI=1S/C21H19F2N5O3/c22-15-7-18(31-11-12-4-2-1-3-5-12)16(23)6-14(15)21-27-17(20(25)30)8-19(28-21)26-13(9-24)10-29/h1-8,10,13H,9,11,24H2,(H2,25,30)(H,26,27,28). The maximum atomic E-state index is 14.8. The smallest absolute Gasteiger partial charge is 0.267 e. The van der Waals surface area contributed by atoms with Gasteiger partial charge in [-0.05, 0) is 11.6 Å². The molecule has 0 saturated heterocycles. The van der Waals surface area contributed by atoms with E-state index >= 15 is 0 Å². The van der Waals surface area contributed by atoms with Crippen LogP contribution >= 0.6 is 0 Å². The molecule has 0 aliphatic carbocycles. The average molecular weight is 427 g/mol. The number of nitrogens with zero attached hydrogens (tertiary/aromatic N) is 2. The number of aldehydes is 1. The lowest BCUT2D eigenvalue weighted by Gasteiger charge is -2.14. The molecule has 0 aliphatic rings. The summed E-state index contributed by atoms with van der Waals surface area (Å²) in [5, 5.41) is 2.67. The first-order valence-electron chi connectivity index (χ1n) is 9.18. The Morgan fingerprint density at radius 3 is 2.52 bits per heavy atom. The van der Waals surface area contributed by atoms with E-state index in [2.05, 4.69) is 15.3 Å². The van der Waals surface area contributed by atoms with Gasteiger partial charge >= 0.3 is 0 Å². The quantitative estimate of drug-likeness (QED) is 0.445. The Morgan fingerprint density at radius 2 is 1.87 bits per heavy atom. The van der Waals surface area contributed by atoms with Gasteiger partial charge in [-0.25, -0.2) is 18.7 Å². The van der Waals surface area contributed by atoms with E-state index in [1.54, 1.807) is 24.3 Å². The van der Waals surface area contributed by atoms with Crippen LogP contribution in [0.15, 0.2) is 48.5 Å². The van der Waals surface area contributed by atoms with Crippen LogP contribution in [0.1, 0.15) is 16.1 Å². The van der Waals surface area contributed by atoms with Gasteiger partial charge in [0.1, 0.15) is 30.2 Å². The number of nitrogens with one attached hydrogen (secondary N) is 1. The zero-order valence-electron chi connectivity index (χ0n) is 16.2. The number of hydrogen-bond donors (Lipinski definition) is 3. The van der Waals surface area contributed by atoms with Gasteiger partial charge in [0.05, 0.1) is 11.6 Å². The van der Waals surface area contributed by atoms with Crippen molar-refractivity contribution in [3.63, 3.8) is 0 Å². The Hall–Kier alpha value is -3.92. The molecule has 1 atom stereocenters. The number of ether oxygens (including phenoxy) is 1. The molecule has 0 fully saturated rings. The van der Waals surface area contributed by atoms with Crippen LogP contribution in [0.2, 0.25) is 0 Å². The third-order valence-electron chi connectivity index (χ3n) is 4.23. The van der Waals surface area contributed by atoms with Crippen LogP contribution in [-0.2, 0) is 11.4 Å². The van der Waals surface area contributed by atoms with Crippen molar-refractivity contribution >= 4 is 18.0 Å². The molecule has 0 aliphatic heterocycles. The second-order valence-electron chi connectivity index (χ2n) is 6.49. The maximum Gasteiger partial charge on any atom is 0.267 e. The van der Waals surface area contributed by atoms with E-state index in [1.807, 2.05) is 6.07 Å². The fourth-order valence-electron chi connectivity index (χ4n) is 2.65. The van der Waals surface area contributed by atoms with Gasteiger partial charge in [0, 0.05) is 18.7 Å². The molecule has 0 spiro atoms. The topological polar surface area (TPSA) is 133 Å². The third-order valence-corrected chi connectivity index (χ3v) is 4.23. The predicted octanol–water partition coefficient (Wildman–Crippen LogP) is 2.04. The summed E-state index contributed by atoms with van der Waals surface area (Å²) in [4.78, 5) is 30.6. The summed E-state index contributed by atoms with van der Waals surface area (Å²) < 4.78 is 34.7. The number of anilines is 1. The van der Waals surface area contributed by atoms with E-state index in [-0.39, 0.29) is 41.8 Å². The first-order chi connectivity index (χ1) is 14.9. The average Bonchev–Trinajstić information content (AvgIpc) is 2.78. The molecule has 160 valence electrons. The highest BCUT2D eigenvalue weighted by Gasteiger charge is 2.18. The highest BCUT2D eigenvalue weighted by molar-refractivity contribution is 5.92. The number of nitrogens with two attached hydrogens (primary N) is 2. The zero-order valence-corrected chi connectivity index (χ0v) is 16.2. The summed E-state index contributed by atoms with van der Waals surface area (Å²) in [5.74, 6) is -3.22. The highest BCUT2D eigenvalue weighted by Crippen LogP contribution is 2.28. The van der Waals surface area contributed by atoms with Crippen molar-refractivity contribution < 1.29 is 23.1 Å². The van der Waals surface area contributed by atoms with Gasteiger partial charge in [-0.2, -0.15) is 0 Å². The number of carbonyl (C=O) groups excluding carboxylic acids is 2. The Labute approximate surface area is 176 Å². The van der Waals surface area contributed by atoms with Crippen molar-refractivity contribution in [3.05, 3.63) is 71.4 Å². The van der Waals surface area contributed by atoms with E-state index in [4.69, 9.17) is 16.2 Å². The van der Waals surface area contributed by atoms with Crippen molar-refractivity contribution in [2.24, 2.45) is 11.5 Å². The van der Waals surface area contributed by atoms with Crippen molar-refractivity contribution in [1.29, 1.82) is 0 Å². The summed E-state index contributed by atoms with van der Waals surface area (Å²) in [7, 11) is 0. The molecule has 1 aromatic heterocycles. The first-order valence-corrected chi connectivity index (χ1v) is 9.18. The Kier molecular flexibility index (Phi) is 6.83. The van der Waals surface area contributed by atoms with Crippen molar-refractivity contribution in [2.45, 2.75) is 12.6 Å². The van der Waals surface area contributed by atoms with E-state index < -0.39 is 23.6 Å². The number of amides is 1. The molecule has 2 aromatic carbocycles. The van der Waals surface area contributed by atoms with Crippen LogP contribution < -0.4 is 21.5 Å². The monoisotopic (exact) mass is 427 g/mol. The summed E-state index contributed by atoms with van der Waals surface area (Å²) >= 11 is 0. The molecule has 10 heteroatoms. The van der Waals surface area contributed by atoms with Crippen molar-refractivity contribution in [2.75, 3.05) is 11.9 Å². The maximum absolute atomic E-state index is 14.8. The molecule has 31 heavy (non-hydrogen) atoms. The summed E-state index contributed by atoms with van der Waals surface area (Å²) in [6, 6.07) is 11.1. The third kappa shape index (κ3) is 5.37. The Morgan fingerprint density at radius 1 is 1.13 bits per heavy atom. The van der Waals surface area contributed by atoms with Crippen LogP contribution in [0.3, 0.4) is 0 Å². The minimum absolute atomic E-state index is 0.00515. The lowest BCUT2D eigenvalue weighted by molar-refractivity contribution is -0.108. The van der Waals surface area contributed by atoms with Gasteiger partial charge in [-0.3, -0.25) is 4.79 Å². The second-order valence-corrected chi connectivity index (χ2v) is 6.49. The van der Waals surface area contributed by atoms with Gasteiger partial charge in [0.15, 0.2) is 17.4 Å². The van der Waals surface area contributed by atoms with Crippen LogP contribution in [-0.4, -0.2) is 34.7 Å². The van der Waals surface area contributed by atoms with E-state index in [1.165, 1.54) is 6.07 Å². The molecular formula is C21H19F2N5O3. The lowest BCUT2D eigenvalue weighted by atomic mass is 10.1. The Bertz CT molecular complexity index is 1100. The summed E-state index contributed by atoms with van der Waals surface area (Å²) in [6.07, 6.45) is 0.546. The number of primary amides is 1. The number of benzene rings is 2. The number of rotatable bonds is 9. The predicted molar refractivity (Wildman–Crippen MR) is 109 cm³/mol. The first kappa shape index (κ1) is 21.8. The van der Waals surface area contributed by atoms with Gasteiger partial charge in [0.25, 0.3) is 5.91 Å². The van der Waals surface area contributed by atoms with Crippen LogP contribution in [0, 0.1) is 11.6 Å². The van der Waals surface area contributed by atoms with E-state index in [0.29, 0.717) is 6.29 Å². The lowest BCUT2D eigenvalue weighted by Crippen LogP contribution is -2.31. The minimum Gasteiger partial charge on any atom is -0.486 e. The highest BCUT2D eigenvalue weighted by atomic mass is 19.1. The molecule has 1 unspecified atom stereocenters. The number of hydrogen-bond acceptors (Lipinski definition) is 7. The van der Waals surface area contributed by atoms with Crippen LogP contribution in [0.4, 0.5) is 14.6 Å². The molecule has 0 radical (unpaired) electrons. The molecule has 5 N–H and O–H groups in total. The van der Waals surface area contributed by atoms with Gasteiger partial charge < -0.3 is 26.3 Å². The van der Waals surface area contributed by atoms with E-state index in [9.17, 15) is 18.4 Å². The molecular weight excluding hydrogens is 408 g/mol. The fraction of sp³-hybridized carbons (Fsp3) is 0.143. The second kappa shape index (κ2) is 9.72. The molecule has 1 heterocycles. The molecule has 3 aromatic rings. The van der Waals surface area contributed by atoms with E-state index in [0.717, 1.165) is 17.7 Å². The molecule has 8 nitrogen and oxygen atoms in total. The summed E-state index contributed by atoms with van der Waals surface area (Å²) in [6.45, 7) is -0.00434. The van der Waals surface area contributed by atoms with Gasteiger partial charge in [-0.15, -0.1) is 0 Å².